The topological polar surface area (TPSA) is 35.5 Å². The summed E-state index contributed by atoms with van der Waals surface area (Å²) in [4.78, 5) is 0. The predicted octanol–water partition coefficient (Wildman–Crippen LogP) is 7.42. The molecule has 0 amide bonds. The van der Waals surface area contributed by atoms with Gasteiger partial charge in [0.25, 0.3) is 0 Å². The summed E-state index contributed by atoms with van der Waals surface area (Å²) >= 11 is 0. The van der Waals surface area contributed by atoms with E-state index in [1.165, 1.54) is 0 Å². The molecule has 0 radical (unpaired) electrons. The van der Waals surface area contributed by atoms with Crippen LogP contribution in [0.4, 0.5) is 0 Å². The number of benzene rings is 4. The molecule has 5 rings (SSSR count). The van der Waals surface area contributed by atoms with Gasteiger partial charge in [0.1, 0.15) is 11.5 Å². The van der Waals surface area contributed by atoms with Gasteiger partial charge in [-0.1, -0.05) is 74.0 Å². The van der Waals surface area contributed by atoms with E-state index >= 15 is 0 Å². The van der Waals surface area contributed by atoms with Crippen molar-refractivity contribution in [3.63, 3.8) is 0 Å². The van der Waals surface area contributed by atoms with Gasteiger partial charge in [-0.15, -0.1) is 0 Å². The van der Waals surface area contributed by atoms with E-state index in [0.29, 0.717) is 17.7 Å². The van der Waals surface area contributed by atoms with E-state index in [4.69, 9.17) is 9.05 Å². The summed E-state index contributed by atoms with van der Waals surface area (Å²) in [5, 5.41) is 4.39. The lowest BCUT2D eigenvalue weighted by atomic mass is 9.92. The standard InChI is InChI=1S/C24H21O3P/c1-2-3-16-28(25)26-21-14-12-17-8-4-6-10-19(17)23(21)24-20-11-7-5-9-18(20)13-15-22(24)27-28/h4-15H,2-3,16H2,1H3. The second-order valence-corrected chi connectivity index (χ2v) is 9.22. The first-order valence-corrected chi connectivity index (χ1v) is 11.4. The molecule has 4 heteroatoms. The van der Waals surface area contributed by atoms with Crippen molar-refractivity contribution in [3.8, 4) is 22.6 Å². The van der Waals surface area contributed by atoms with Crippen LogP contribution in [0, 0.1) is 0 Å². The minimum atomic E-state index is -3.29. The molecule has 0 atom stereocenters. The van der Waals surface area contributed by atoms with Crippen LogP contribution < -0.4 is 9.05 Å². The highest BCUT2D eigenvalue weighted by atomic mass is 31.2. The molecule has 140 valence electrons. The smallest absolute Gasteiger partial charge is 0.415 e. The van der Waals surface area contributed by atoms with Crippen LogP contribution in [0.15, 0.2) is 72.8 Å². The van der Waals surface area contributed by atoms with Gasteiger partial charge in [-0.3, -0.25) is 0 Å². The maximum absolute atomic E-state index is 13.6. The Hall–Kier alpha value is -2.77. The van der Waals surface area contributed by atoms with Crippen molar-refractivity contribution in [3.05, 3.63) is 72.8 Å². The number of unbranched alkanes of at least 4 members (excludes halogenated alkanes) is 1. The Labute approximate surface area is 164 Å². The quantitative estimate of drug-likeness (QED) is 0.342. The fourth-order valence-corrected chi connectivity index (χ4v) is 5.76. The third-order valence-electron chi connectivity index (χ3n) is 5.29. The molecule has 0 saturated heterocycles. The Morgan fingerprint density at radius 1 is 0.714 bits per heavy atom. The van der Waals surface area contributed by atoms with Crippen molar-refractivity contribution in [1.29, 1.82) is 0 Å². The second kappa shape index (κ2) is 6.68. The van der Waals surface area contributed by atoms with E-state index in [1.54, 1.807) is 0 Å². The Balaban J connectivity index is 1.89. The molecule has 4 aromatic carbocycles. The van der Waals surface area contributed by atoms with Crippen LogP contribution in [0.1, 0.15) is 19.8 Å². The fraction of sp³-hybridized carbons (Fsp3) is 0.167. The lowest BCUT2D eigenvalue weighted by molar-refractivity contribution is 0.389. The van der Waals surface area contributed by atoms with Crippen LogP contribution in [0.2, 0.25) is 0 Å². The summed E-state index contributed by atoms with van der Waals surface area (Å²) < 4.78 is 25.8. The van der Waals surface area contributed by atoms with E-state index in [9.17, 15) is 4.57 Å². The zero-order valence-corrected chi connectivity index (χ0v) is 16.6. The molecule has 4 aromatic rings. The maximum atomic E-state index is 13.6. The summed E-state index contributed by atoms with van der Waals surface area (Å²) in [6, 6.07) is 24.3. The Morgan fingerprint density at radius 2 is 1.21 bits per heavy atom. The average molecular weight is 388 g/mol. The van der Waals surface area contributed by atoms with Crippen molar-refractivity contribution in [2.75, 3.05) is 6.16 Å². The number of fused-ring (bicyclic) bond motifs is 7. The molecule has 1 heterocycles. The van der Waals surface area contributed by atoms with E-state index in [0.717, 1.165) is 45.5 Å². The van der Waals surface area contributed by atoms with Gasteiger partial charge in [0, 0.05) is 11.1 Å². The predicted molar refractivity (Wildman–Crippen MR) is 116 cm³/mol. The molecule has 0 aliphatic carbocycles. The van der Waals surface area contributed by atoms with Crippen molar-refractivity contribution >= 4 is 29.1 Å². The average Bonchev–Trinajstić information content (AvgIpc) is 2.86. The number of rotatable bonds is 3. The SMILES string of the molecule is CCCCP1(=O)Oc2ccc3ccccc3c2-c2c(ccc3ccccc23)O1. The maximum Gasteiger partial charge on any atom is 0.430 e. The summed E-state index contributed by atoms with van der Waals surface area (Å²) in [6.07, 6.45) is 2.14. The van der Waals surface area contributed by atoms with Gasteiger partial charge >= 0.3 is 7.60 Å². The van der Waals surface area contributed by atoms with Gasteiger partial charge in [-0.05, 0) is 40.1 Å². The van der Waals surface area contributed by atoms with Gasteiger partial charge in [0.2, 0.25) is 0 Å². The van der Waals surface area contributed by atoms with Gasteiger partial charge in [-0.2, -0.15) is 0 Å². The third kappa shape index (κ3) is 2.78. The normalized spacial score (nSPS) is 14.6. The molecule has 0 unspecified atom stereocenters. The highest BCUT2D eigenvalue weighted by molar-refractivity contribution is 7.54. The zero-order valence-electron chi connectivity index (χ0n) is 15.7. The fourth-order valence-electron chi connectivity index (χ4n) is 3.93. The Bertz CT molecular complexity index is 1150. The number of hydrogen-bond acceptors (Lipinski definition) is 3. The molecular formula is C24H21O3P. The van der Waals surface area contributed by atoms with Crippen molar-refractivity contribution in [2.45, 2.75) is 19.8 Å². The van der Waals surface area contributed by atoms with Crippen molar-refractivity contribution in [2.24, 2.45) is 0 Å². The van der Waals surface area contributed by atoms with Crippen LogP contribution in [0.3, 0.4) is 0 Å². The highest BCUT2D eigenvalue weighted by Crippen LogP contribution is 2.58. The van der Waals surface area contributed by atoms with E-state index in [1.807, 2.05) is 48.5 Å². The first-order valence-electron chi connectivity index (χ1n) is 9.71. The first-order chi connectivity index (χ1) is 13.7. The minimum absolute atomic E-state index is 0.405. The molecule has 0 N–H and O–H groups in total. The van der Waals surface area contributed by atoms with Crippen molar-refractivity contribution < 1.29 is 13.6 Å². The summed E-state index contributed by atoms with van der Waals surface area (Å²) in [5.41, 5.74) is 1.92. The Morgan fingerprint density at radius 3 is 1.71 bits per heavy atom. The van der Waals surface area contributed by atoms with Gasteiger partial charge in [0.15, 0.2) is 0 Å². The zero-order chi connectivity index (χ0) is 19.1. The van der Waals surface area contributed by atoms with E-state index in [-0.39, 0.29) is 0 Å². The molecule has 0 saturated carbocycles. The molecule has 0 spiro atoms. The van der Waals surface area contributed by atoms with Gasteiger partial charge < -0.3 is 9.05 Å². The van der Waals surface area contributed by atoms with E-state index < -0.39 is 7.60 Å². The third-order valence-corrected chi connectivity index (χ3v) is 7.11. The largest absolute Gasteiger partial charge is 0.430 e. The minimum Gasteiger partial charge on any atom is -0.415 e. The Kier molecular flexibility index (Phi) is 4.14. The molecule has 28 heavy (non-hydrogen) atoms. The molecule has 0 fully saturated rings. The highest BCUT2D eigenvalue weighted by Gasteiger charge is 2.34. The lowest BCUT2D eigenvalue weighted by Gasteiger charge is -2.18. The van der Waals surface area contributed by atoms with Gasteiger partial charge in [0.05, 0.1) is 6.16 Å². The molecule has 1 aliphatic rings. The lowest BCUT2D eigenvalue weighted by Crippen LogP contribution is -2.03. The monoisotopic (exact) mass is 388 g/mol. The van der Waals surface area contributed by atoms with Crippen LogP contribution in [-0.2, 0) is 4.57 Å². The van der Waals surface area contributed by atoms with Crippen LogP contribution in [0.5, 0.6) is 11.5 Å². The second-order valence-electron chi connectivity index (χ2n) is 7.19. The van der Waals surface area contributed by atoms with Crippen LogP contribution in [0.25, 0.3) is 32.7 Å². The summed E-state index contributed by atoms with van der Waals surface area (Å²) in [5.74, 6) is 1.27. The van der Waals surface area contributed by atoms with Crippen molar-refractivity contribution in [1.82, 2.24) is 0 Å². The molecule has 3 nitrogen and oxygen atoms in total. The molecular weight excluding hydrogens is 367 g/mol. The van der Waals surface area contributed by atoms with E-state index in [2.05, 4.69) is 31.2 Å². The van der Waals surface area contributed by atoms with Crippen LogP contribution in [-0.4, -0.2) is 6.16 Å². The number of hydrogen-bond donors (Lipinski definition) is 0. The summed E-state index contributed by atoms with van der Waals surface area (Å²) in [6.45, 7) is 2.08. The molecule has 0 bridgehead atoms. The van der Waals surface area contributed by atoms with Gasteiger partial charge in [-0.25, -0.2) is 4.57 Å². The molecule has 0 aromatic heterocycles. The van der Waals surface area contributed by atoms with Crippen LogP contribution >= 0.6 is 7.60 Å². The molecule has 1 aliphatic heterocycles. The summed E-state index contributed by atoms with van der Waals surface area (Å²) in [7, 11) is -3.29. The first kappa shape index (κ1) is 17.3.